The average Bonchev–Trinajstić information content (AvgIpc) is 3.14. The van der Waals surface area contributed by atoms with Gasteiger partial charge >= 0.3 is 6.03 Å². The van der Waals surface area contributed by atoms with Crippen LogP contribution in [0.1, 0.15) is 19.8 Å². The molecule has 2 saturated heterocycles. The van der Waals surface area contributed by atoms with Gasteiger partial charge in [-0.3, -0.25) is 0 Å². The smallest absolute Gasteiger partial charge is 0.323 e. The number of nitrogens with zero attached hydrogens (tertiary/aromatic N) is 1. The van der Waals surface area contributed by atoms with Crippen LogP contribution in [0.25, 0.3) is 0 Å². The lowest BCUT2D eigenvalue weighted by Gasteiger charge is -2.41. The van der Waals surface area contributed by atoms with E-state index in [9.17, 15) is 22.7 Å². The fraction of sp³-hybridized carbons (Fsp3) is 0.381. The summed E-state index contributed by atoms with van der Waals surface area (Å²) in [5.74, 6) is -1.25. The molecule has 0 aromatic heterocycles. The minimum atomic E-state index is -4.14. The Morgan fingerprint density at radius 2 is 1.97 bits per heavy atom. The van der Waals surface area contributed by atoms with Crippen molar-refractivity contribution in [1.29, 1.82) is 0 Å². The summed E-state index contributed by atoms with van der Waals surface area (Å²) in [6.07, 6.45) is 1.48. The summed E-state index contributed by atoms with van der Waals surface area (Å²) < 4.78 is 41.7. The summed E-state index contributed by atoms with van der Waals surface area (Å²) in [6.45, 7) is 3.49. The molecule has 8 nitrogen and oxygen atoms in total. The van der Waals surface area contributed by atoms with Gasteiger partial charge in [0.15, 0.2) is 5.75 Å². The Hall–Kier alpha value is -2.11. The first-order valence-corrected chi connectivity index (χ1v) is 12.5. The van der Waals surface area contributed by atoms with Crippen LogP contribution in [0.5, 0.6) is 5.75 Å². The van der Waals surface area contributed by atoms with Crippen molar-refractivity contribution in [3.05, 3.63) is 46.2 Å². The van der Waals surface area contributed by atoms with Crippen LogP contribution < -0.4 is 16.0 Å². The van der Waals surface area contributed by atoms with E-state index in [0.717, 1.165) is 19.0 Å². The van der Waals surface area contributed by atoms with Crippen LogP contribution in [-0.2, 0) is 10.0 Å². The van der Waals surface area contributed by atoms with Crippen LogP contribution >= 0.6 is 23.2 Å². The van der Waals surface area contributed by atoms with Gasteiger partial charge in [0.25, 0.3) is 0 Å². The van der Waals surface area contributed by atoms with Crippen molar-refractivity contribution in [2.45, 2.75) is 30.2 Å². The number of nitrogens with one attached hydrogen (secondary N) is 3. The first-order valence-electron chi connectivity index (χ1n) is 10.3. The van der Waals surface area contributed by atoms with E-state index in [1.807, 2.05) is 0 Å². The van der Waals surface area contributed by atoms with Gasteiger partial charge in [-0.05, 0) is 56.5 Å². The lowest BCUT2D eigenvalue weighted by atomic mass is 9.82. The highest BCUT2D eigenvalue weighted by atomic mass is 35.5. The summed E-state index contributed by atoms with van der Waals surface area (Å²) in [7, 11) is -4.14. The first kappa shape index (κ1) is 24.0. The zero-order chi connectivity index (χ0) is 24.0. The summed E-state index contributed by atoms with van der Waals surface area (Å²) in [6, 6.07) is 5.60. The maximum Gasteiger partial charge on any atom is 0.323 e. The van der Waals surface area contributed by atoms with Gasteiger partial charge in [-0.25, -0.2) is 17.6 Å². The van der Waals surface area contributed by atoms with Crippen molar-refractivity contribution in [3.63, 3.8) is 0 Å². The molecule has 33 heavy (non-hydrogen) atoms. The summed E-state index contributed by atoms with van der Waals surface area (Å²) in [5.41, 5.74) is -0.276. The normalized spacial score (nSPS) is 23.2. The second kappa shape index (κ2) is 8.92. The Morgan fingerprint density at radius 3 is 2.73 bits per heavy atom. The quantitative estimate of drug-likeness (QED) is 0.454. The Bertz CT molecular complexity index is 1210. The Morgan fingerprint density at radius 1 is 1.24 bits per heavy atom. The monoisotopic (exact) mass is 516 g/mol. The van der Waals surface area contributed by atoms with E-state index in [-0.39, 0.29) is 39.4 Å². The van der Waals surface area contributed by atoms with Gasteiger partial charge in [-0.15, -0.1) is 0 Å². The molecule has 2 heterocycles. The third kappa shape index (κ3) is 4.50. The summed E-state index contributed by atoms with van der Waals surface area (Å²) in [4.78, 5) is 11.9. The predicted octanol–water partition coefficient (Wildman–Crippen LogP) is 4.24. The van der Waals surface area contributed by atoms with E-state index in [0.29, 0.717) is 13.0 Å². The van der Waals surface area contributed by atoms with Gasteiger partial charge in [0.05, 0.1) is 21.4 Å². The molecule has 0 saturated carbocycles. The number of carbonyl (C=O) groups is 1. The highest BCUT2D eigenvalue weighted by Gasteiger charge is 2.46. The number of phenolic OH excluding ortho intramolecular Hbond substituents is 1. The Balaban J connectivity index is 1.58. The number of urea groups is 1. The molecule has 2 aromatic rings. The average molecular weight is 517 g/mol. The number of amides is 2. The van der Waals surface area contributed by atoms with E-state index >= 15 is 0 Å². The van der Waals surface area contributed by atoms with Crippen LogP contribution in [-0.4, -0.2) is 49.0 Å². The minimum absolute atomic E-state index is 0.0111. The minimum Gasteiger partial charge on any atom is -0.504 e. The molecule has 2 fully saturated rings. The van der Waals surface area contributed by atoms with Gasteiger partial charge in [-0.1, -0.05) is 29.3 Å². The molecule has 0 radical (unpaired) electrons. The number of benzene rings is 2. The second-order valence-electron chi connectivity index (χ2n) is 8.40. The number of sulfonamides is 1. The topological polar surface area (TPSA) is 111 Å². The number of hydrogen-bond donors (Lipinski definition) is 4. The second-order valence-corrected chi connectivity index (χ2v) is 11.1. The molecule has 0 aliphatic carbocycles. The molecule has 2 aromatic carbocycles. The molecule has 2 aliphatic heterocycles. The fourth-order valence-corrected chi connectivity index (χ4v) is 6.64. The SMILES string of the molecule is CC12CCN(S(=O)(=O)c3c(Cl)ccc(NC(=O)Nc4cccc(F)c4Cl)c3O)CC1CCN2. The predicted molar refractivity (Wildman–Crippen MR) is 125 cm³/mol. The van der Waals surface area contributed by atoms with Crippen LogP contribution in [0, 0.1) is 11.7 Å². The molecule has 2 unspecified atom stereocenters. The van der Waals surface area contributed by atoms with Crippen molar-refractivity contribution >= 4 is 50.6 Å². The number of aromatic hydroxyl groups is 1. The third-order valence-corrected chi connectivity index (χ3v) is 9.11. The standard InChI is InChI=1S/C21H23Cl2FN4O4S/c1-21-8-10-28(11-12(21)7-9-25-21)33(31,32)19-13(22)5-6-16(18(19)29)27-20(30)26-15-4-2-3-14(24)17(15)23/h2-6,12,25,29H,7-11H2,1H3,(H2,26,27,30). The van der Waals surface area contributed by atoms with E-state index in [1.165, 1.54) is 28.6 Å². The number of fused-ring (bicyclic) bond motifs is 1. The summed E-state index contributed by atoms with van der Waals surface area (Å²) >= 11 is 12.0. The van der Waals surface area contributed by atoms with Crippen LogP contribution in [0.3, 0.4) is 0 Å². The van der Waals surface area contributed by atoms with Gasteiger partial charge in [-0.2, -0.15) is 4.31 Å². The number of halogens is 3. The molecule has 178 valence electrons. The molecule has 4 N–H and O–H groups in total. The highest BCUT2D eigenvalue weighted by Crippen LogP contribution is 2.42. The van der Waals surface area contributed by atoms with Crippen molar-refractivity contribution in [2.75, 3.05) is 30.3 Å². The van der Waals surface area contributed by atoms with Crippen LogP contribution in [0.2, 0.25) is 10.0 Å². The van der Waals surface area contributed by atoms with Crippen LogP contribution in [0.15, 0.2) is 35.2 Å². The molecule has 2 aliphatic rings. The van der Waals surface area contributed by atoms with E-state index in [4.69, 9.17) is 23.2 Å². The van der Waals surface area contributed by atoms with E-state index in [2.05, 4.69) is 22.9 Å². The van der Waals surface area contributed by atoms with Gasteiger partial charge in [0.2, 0.25) is 10.0 Å². The van der Waals surface area contributed by atoms with E-state index < -0.39 is 32.5 Å². The fourth-order valence-electron chi connectivity index (χ4n) is 4.39. The Kier molecular flexibility index (Phi) is 6.49. The first-order chi connectivity index (χ1) is 15.5. The molecular weight excluding hydrogens is 494 g/mol. The molecular formula is C21H23Cl2FN4O4S. The molecule has 2 atom stereocenters. The molecule has 0 bridgehead atoms. The maximum absolute atomic E-state index is 13.6. The number of carbonyl (C=O) groups excluding carboxylic acids is 1. The largest absolute Gasteiger partial charge is 0.504 e. The van der Waals surface area contributed by atoms with Gasteiger partial charge in [0.1, 0.15) is 10.7 Å². The number of piperidine rings is 1. The zero-order valence-electron chi connectivity index (χ0n) is 17.7. The molecule has 0 spiro atoms. The number of phenols is 1. The van der Waals surface area contributed by atoms with Crippen molar-refractivity contribution in [1.82, 2.24) is 9.62 Å². The van der Waals surface area contributed by atoms with Gasteiger partial charge < -0.3 is 21.1 Å². The third-order valence-electron chi connectivity index (χ3n) is 6.36. The van der Waals surface area contributed by atoms with E-state index in [1.54, 1.807) is 0 Å². The van der Waals surface area contributed by atoms with Crippen molar-refractivity contribution < 1.29 is 22.7 Å². The maximum atomic E-state index is 13.6. The molecule has 2 amide bonds. The van der Waals surface area contributed by atoms with Gasteiger partial charge in [0, 0.05) is 18.6 Å². The number of anilines is 2. The highest BCUT2D eigenvalue weighted by molar-refractivity contribution is 7.89. The lowest BCUT2D eigenvalue weighted by molar-refractivity contribution is 0.171. The lowest BCUT2D eigenvalue weighted by Crippen LogP contribution is -2.54. The number of hydrogen-bond acceptors (Lipinski definition) is 5. The molecule has 12 heteroatoms. The van der Waals surface area contributed by atoms with Crippen molar-refractivity contribution in [2.24, 2.45) is 5.92 Å². The zero-order valence-corrected chi connectivity index (χ0v) is 20.0. The van der Waals surface area contributed by atoms with Crippen molar-refractivity contribution in [3.8, 4) is 5.75 Å². The van der Waals surface area contributed by atoms with Crippen LogP contribution in [0.4, 0.5) is 20.6 Å². The number of rotatable bonds is 4. The summed E-state index contributed by atoms with van der Waals surface area (Å²) in [5, 5.41) is 18.5. The Labute approximate surface area is 201 Å². The molecule has 4 rings (SSSR count).